The van der Waals surface area contributed by atoms with E-state index in [-0.39, 0.29) is 5.91 Å². The summed E-state index contributed by atoms with van der Waals surface area (Å²) < 4.78 is 2.22. The van der Waals surface area contributed by atoms with E-state index in [4.69, 9.17) is 0 Å². The Bertz CT molecular complexity index is 570. The van der Waals surface area contributed by atoms with Gasteiger partial charge in [0.1, 0.15) is 0 Å². The van der Waals surface area contributed by atoms with E-state index in [1.165, 1.54) is 17.0 Å². The predicted molar refractivity (Wildman–Crippen MR) is 77.4 cm³/mol. The second-order valence-electron chi connectivity index (χ2n) is 4.70. The molecule has 0 atom stereocenters. The quantitative estimate of drug-likeness (QED) is 0.896. The summed E-state index contributed by atoms with van der Waals surface area (Å²) >= 11 is 0. The summed E-state index contributed by atoms with van der Waals surface area (Å²) in [6, 6.07) is 12.4. The van der Waals surface area contributed by atoms with E-state index < -0.39 is 0 Å². The van der Waals surface area contributed by atoms with Gasteiger partial charge in [0.2, 0.25) is 5.91 Å². The number of benzene rings is 1. The Morgan fingerprint density at radius 3 is 2.53 bits per heavy atom. The average Bonchev–Trinajstić information content (AvgIpc) is 2.71. The molecule has 0 saturated heterocycles. The first-order chi connectivity index (χ1) is 9.13. The van der Waals surface area contributed by atoms with Gasteiger partial charge in [-0.25, -0.2) is 0 Å². The molecule has 0 radical (unpaired) electrons. The van der Waals surface area contributed by atoms with Crippen molar-refractivity contribution < 1.29 is 4.79 Å². The number of hydrogen-bond donors (Lipinski definition) is 1. The molecule has 2 rings (SSSR count). The van der Waals surface area contributed by atoms with Crippen LogP contribution in [0.2, 0.25) is 0 Å². The number of nitrogens with one attached hydrogen (secondary N) is 1. The highest BCUT2D eigenvalue weighted by Crippen LogP contribution is 2.20. The van der Waals surface area contributed by atoms with Gasteiger partial charge in [0, 0.05) is 30.0 Å². The predicted octanol–water partition coefficient (Wildman–Crippen LogP) is 3.12. The molecule has 1 aromatic heterocycles. The summed E-state index contributed by atoms with van der Waals surface area (Å²) in [4.78, 5) is 11.3. The van der Waals surface area contributed by atoms with Crippen LogP contribution in [0, 0.1) is 13.8 Å². The van der Waals surface area contributed by atoms with Crippen LogP contribution in [0.15, 0.2) is 36.4 Å². The van der Waals surface area contributed by atoms with Crippen LogP contribution in [0.25, 0.3) is 5.69 Å². The first-order valence-electron chi connectivity index (χ1n) is 6.63. The lowest BCUT2D eigenvalue weighted by Crippen LogP contribution is -2.21. The Morgan fingerprint density at radius 2 is 1.89 bits per heavy atom. The third-order valence-corrected chi connectivity index (χ3v) is 3.35. The molecular weight excluding hydrogens is 236 g/mol. The summed E-state index contributed by atoms with van der Waals surface area (Å²) in [5, 5.41) is 2.93. The SMILES string of the molecule is CCC(=O)NCc1cc(C)n(-c2ccccc2)c1C. The van der Waals surface area contributed by atoms with Crippen molar-refractivity contribution in [1.82, 2.24) is 9.88 Å². The van der Waals surface area contributed by atoms with E-state index in [0.717, 1.165) is 5.69 Å². The number of para-hydroxylation sites is 1. The van der Waals surface area contributed by atoms with Crippen molar-refractivity contribution in [3.63, 3.8) is 0 Å². The maximum atomic E-state index is 11.3. The van der Waals surface area contributed by atoms with Crippen molar-refractivity contribution in [3.05, 3.63) is 53.3 Å². The minimum Gasteiger partial charge on any atom is -0.352 e. The fraction of sp³-hybridized carbons (Fsp3) is 0.312. The molecule has 2 aromatic rings. The van der Waals surface area contributed by atoms with E-state index >= 15 is 0 Å². The second kappa shape index (κ2) is 5.74. The molecular formula is C16H20N2O. The van der Waals surface area contributed by atoms with Crippen LogP contribution >= 0.6 is 0 Å². The minimum absolute atomic E-state index is 0.0875. The number of rotatable bonds is 4. The zero-order valence-corrected chi connectivity index (χ0v) is 11.7. The lowest BCUT2D eigenvalue weighted by molar-refractivity contribution is -0.120. The van der Waals surface area contributed by atoms with Gasteiger partial charge >= 0.3 is 0 Å². The lowest BCUT2D eigenvalue weighted by Gasteiger charge is -2.10. The van der Waals surface area contributed by atoms with Crippen LogP contribution in [0.4, 0.5) is 0 Å². The van der Waals surface area contributed by atoms with Crippen molar-refractivity contribution in [3.8, 4) is 5.69 Å². The molecule has 0 spiro atoms. The average molecular weight is 256 g/mol. The largest absolute Gasteiger partial charge is 0.352 e. The third-order valence-electron chi connectivity index (χ3n) is 3.35. The normalized spacial score (nSPS) is 10.5. The highest BCUT2D eigenvalue weighted by molar-refractivity contribution is 5.75. The first-order valence-corrected chi connectivity index (χ1v) is 6.63. The zero-order chi connectivity index (χ0) is 13.8. The van der Waals surface area contributed by atoms with E-state index in [1.54, 1.807) is 0 Å². The van der Waals surface area contributed by atoms with Gasteiger partial charge < -0.3 is 9.88 Å². The molecule has 100 valence electrons. The summed E-state index contributed by atoms with van der Waals surface area (Å²) in [6.45, 7) is 6.64. The number of aromatic nitrogens is 1. The molecule has 3 heteroatoms. The molecule has 0 aliphatic carbocycles. The zero-order valence-electron chi connectivity index (χ0n) is 11.7. The molecule has 0 aliphatic heterocycles. The Kier molecular flexibility index (Phi) is 4.05. The molecule has 0 bridgehead atoms. The molecule has 1 amide bonds. The molecule has 0 fully saturated rings. The lowest BCUT2D eigenvalue weighted by atomic mass is 10.2. The molecule has 1 N–H and O–H groups in total. The van der Waals surface area contributed by atoms with Gasteiger partial charge in [-0.15, -0.1) is 0 Å². The maximum Gasteiger partial charge on any atom is 0.219 e. The van der Waals surface area contributed by atoms with Crippen molar-refractivity contribution in [1.29, 1.82) is 0 Å². The Balaban J connectivity index is 2.28. The monoisotopic (exact) mass is 256 g/mol. The van der Waals surface area contributed by atoms with Gasteiger partial charge in [-0.1, -0.05) is 25.1 Å². The van der Waals surface area contributed by atoms with Crippen LogP contribution < -0.4 is 5.32 Å². The first kappa shape index (κ1) is 13.4. The summed E-state index contributed by atoms with van der Waals surface area (Å²) in [5.74, 6) is 0.0875. The molecule has 19 heavy (non-hydrogen) atoms. The van der Waals surface area contributed by atoms with Gasteiger partial charge in [-0.2, -0.15) is 0 Å². The van der Waals surface area contributed by atoms with Gasteiger partial charge in [0.05, 0.1) is 0 Å². The van der Waals surface area contributed by atoms with Crippen LogP contribution in [0.3, 0.4) is 0 Å². The van der Waals surface area contributed by atoms with Crippen LogP contribution in [-0.2, 0) is 11.3 Å². The molecule has 1 aromatic carbocycles. The molecule has 0 aliphatic rings. The number of amides is 1. The number of nitrogens with zero attached hydrogens (tertiary/aromatic N) is 1. The maximum absolute atomic E-state index is 11.3. The van der Waals surface area contributed by atoms with E-state index in [2.05, 4.69) is 41.9 Å². The molecule has 0 unspecified atom stereocenters. The second-order valence-corrected chi connectivity index (χ2v) is 4.70. The topological polar surface area (TPSA) is 34.0 Å². The number of aryl methyl sites for hydroxylation is 1. The Morgan fingerprint density at radius 1 is 1.21 bits per heavy atom. The standard InChI is InChI=1S/C16H20N2O/c1-4-16(19)17-11-14-10-12(2)18(13(14)3)15-8-6-5-7-9-15/h5-10H,4,11H2,1-3H3,(H,17,19). The van der Waals surface area contributed by atoms with Crippen molar-refractivity contribution in [2.45, 2.75) is 33.7 Å². The van der Waals surface area contributed by atoms with E-state index in [1.807, 2.05) is 25.1 Å². The van der Waals surface area contributed by atoms with Crippen molar-refractivity contribution in [2.75, 3.05) is 0 Å². The summed E-state index contributed by atoms with van der Waals surface area (Å²) in [6.07, 6.45) is 0.525. The number of carbonyl (C=O) groups is 1. The summed E-state index contributed by atoms with van der Waals surface area (Å²) in [5.41, 5.74) is 4.69. The van der Waals surface area contributed by atoms with Gasteiger partial charge in [0.15, 0.2) is 0 Å². The van der Waals surface area contributed by atoms with Crippen molar-refractivity contribution in [2.24, 2.45) is 0 Å². The van der Waals surface area contributed by atoms with Crippen LogP contribution in [0.1, 0.15) is 30.3 Å². The van der Waals surface area contributed by atoms with Gasteiger partial charge in [-0.3, -0.25) is 4.79 Å². The minimum atomic E-state index is 0.0875. The molecule has 0 saturated carbocycles. The van der Waals surface area contributed by atoms with Gasteiger partial charge in [-0.05, 0) is 37.6 Å². The molecule has 3 nitrogen and oxygen atoms in total. The Hall–Kier alpha value is -2.03. The smallest absolute Gasteiger partial charge is 0.219 e. The molecule has 1 heterocycles. The number of carbonyl (C=O) groups excluding carboxylic acids is 1. The van der Waals surface area contributed by atoms with Gasteiger partial charge in [0.25, 0.3) is 0 Å². The Labute approximate surface area is 114 Å². The van der Waals surface area contributed by atoms with Crippen LogP contribution in [-0.4, -0.2) is 10.5 Å². The fourth-order valence-corrected chi connectivity index (χ4v) is 2.30. The van der Waals surface area contributed by atoms with Crippen LogP contribution in [0.5, 0.6) is 0 Å². The summed E-state index contributed by atoms with van der Waals surface area (Å²) in [7, 11) is 0. The highest BCUT2D eigenvalue weighted by atomic mass is 16.1. The third kappa shape index (κ3) is 2.87. The number of hydrogen-bond acceptors (Lipinski definition) is 1. The fourth-order valence-electron chi connectivity index (χ4n) is 2.30. The van der Waals surface area contributed by atoms with E-state index in [9.17, 15) is 4.79 Å². The van der Waals surface area contributed by atoms with E-state index in [0.29, 0.717) is 13.0 Å². The van der Waals surface area contributed by atoms with Crippen molar-refractivity contribution >= 4 is 5.91 Å². The highest BCUT2D eigenvalue weighted by Gasteiger charge is 2.10.